The van der Waals surface area contributed by atoms with Crippen LogP contribution in [0.5, 0.6) is 5.75 Å². The summed E-state index contributed by atoms with van der Waals surface area (Å²) in [6.45, 7) is -0.595. The van der Waals surface area contributed by atoms with E-state index in [1.807, 2.05) is 0 Å². The fraction of sp³-hybridized carbons (Fsp3) is 0.143. The van der Waals surface area contributed by atoms with Crippen molar-refractivity contribution in [2.24, 2.45) is 0 Å². The molecule has 0 aliphatic carbocycles. The summed E-state index contributed by atoms with van der Waals surface area (Å²) in [6, 6.07) is 18.7. The van der Waals surface area contributed by atoms with Gasteiger partial charge >= 0.3 is 12.5 Å². The zero-order valence-corrected chi connectivity index (χ0v) is 22.8. The van der Waals surface area contributed by atoms with Crippen molar-refractivity contribution in [2.75, 3.05) is 11.9 Å². The van der Waals surface area contributed by atoms with Gasteiger partial charge in [0.2, 0.25) is 5.95 Å². The standard InChI is InChI=1S/C28H19ClF6N6O3/c29-23-21(22(27(30,31)32)39-41(23)17-6-2-1-3-7-17)24(42)36-14-15-40-25(43)19-8-4-5-9-20(19)38-26(40)37-16-10-12-18(13-11-16)44-28(33,34)35/h1-13H,14-15H2,(H,36,42)(H,37,38). The first-order valence-corrected chi connectivity index (χ1v) is 13.0. The molecule has 2 N–H and O–H groups in total. The van der Waals surface area contributed by atoms with Crippen molar-refractivity contribution in [1.29, 1.82) is 0 Å². The van der Waals surface area contributed by atoms with Crippen molar-refractivity contribution in [3.05, 3.63) is 106 Å². The number of nitrogens with one attached hydrogen (secondary N) is 2. The van der Waals surface area contributed by atoms with E-state index in [0.29, 0.717) is 5.52 Å². The summed E-state index contributed by atoms with van der Waals surface area (Å²) in [5.41, 5.74) is -2.19. The smallest absolute Gasteiger partial charge is 0.406 e. The first-order valence-electron chi connectivity index (χ1n) is 12.6. The van der Waals surface area contributed by atoms with Crippen molar-refractivity contribution >= 4 is 40.0 Å². The number of para-hydroxylation sites is 2. The van der Waals surface area contributed by atoms with Gasteiger partial charge in [-0.3, -0.25) is 14.2 Å². The lowest BCUT2D eigenvalue weighted by Gasteiger charge is -2.16. The molecule has 0 saturated heterocycles. The summed E-state index contributed by atoms with van der Waals surface area (Å²) in [7, 11) is 0. The molecule has 0 saturated carbocycles. The van der Waals surface area contributed by atoms with Crippen LogP contribution < -0.4 is 20.9 Å². The van der Waals surface area contributed by atoms with Crippen LogP contribution in [0.4, 0.5) is 38.0 Å². The monoisotopic (exact) mass is 636 g/mol. The van der Waals surface area contributed by atoms with Gasteiger partial charge in [0, 0.05) is 18.8 Å². The number of hydrogen-bond donors (Lipinski definition) is 2. The maximum absolute atomic E-state index is 13.8. The number of anilines is 2. The predicted octanol–water partition coefficient (Wildman–Crippen LogP) is 6.33. The number of ether oxygens (including phenoxy) is 1. The molecule has 2 heterocycles. The molecule has 0 atom stereocenters. The Hall–Kier alpha value is -5.05. The largest absolute Gasteiger partial charge is 0.573 e. The van der Waals surface area contributed by atoms with Crippen molar-refractivity contribution in [2.45, 2.75) is 19.1 Å². The summed E-state index contributed by atoms with van der Waals surface area (Å²) in [5.74, 6) is -1.69. The molecule has 0 spiro atoms. The average molecular weight is 637 g/mol. The van der Waals surface area contributed by atoms with Gasteiger partial charge in [-0.05, 0) is 48.5 Å². The van der Waals surface area contributed by atoms with E-state index in [-0.39, 0.29) is 35.8 Å². The Bertz CT molecular complexity index is 1870. The van der Waals surface area contributed by atoms with Crippen LogP contribution in [0, 0.1) is 0 Å². The Kier molecular flexibility index (Phi) is 8.23. The molecular weight excluding hydrogens is 618 g/mol. The number of amides is 1. The van der Waals surface area contributed by atoms with Gasteiger partial charge in [0.1, 0.15) is 16.5 Å². The maximum atomic E-state index is 13.8. The Labute approximate surface area is 248 Å². The molecule has 2 aromatic heterocycles. The number of hydrogen-bond acceptors (Lipinski definition) is 6. The number of fused-ring (bicyclic) bond motifs is 1. The van der Waals surface area contributed by atoms with Crippen LogP contribution in [0.3, 0.4) is 0 Å². The number of nitrogens with zero attached hydrogens (tertiary/aromatic N) is 4. The van der Waals surface area contributed by atoms with Gasteiger partial charge < -0.3 is 15.4 Å². The molecule has 0 bridgehead atoms. The molecular formula is C28H19ClF6N6O3. The molecule has 0 aliphatic rings. The van der Waals surface area contributed by atoms with Gasteiger partial charge in [-0.15, -0.1) is 13.2 Å². The minimum atomic E-state index is -5.01. The van der Waals surface area contributed by atoms with E-state index in [4.69, 9.17) is 11.6 Å². The Morgan fingerprint density at radius 2 is 1.57 bits per heavy atom. The molecule has 5 rings (SSSR count). The minimum Gasteiger partial charge on any atom is -0.406 e. The highest BCUT2D eigenvalue weighted by Crippen LogP contribution is 2.35. The first kappa shape index (κ1) is 30.4. The molecule has 44 heavy (non-hydrogen) atoms. The van der Waals surface area contributed by atoms with Crippen LogP contribution in [0.15, 0.2) is 83.7 Å². The van der Waals surface area contributed by atoms with E-state index in [0.717, 1.165) is 21.4 Å². The normalized spacial score (nSPS) is 11.9. The second-order valence-corrected chi connectivity index (χ2v) is 9.48. The van der Waals surface area contributed by atoms with Gasteiger partial charge in [-0.1, -0.05) is 41.9 Å². The highest BCUT2D eigenvalue weighted by molar-refractivity contribution is 6.33. The van der Waals surface area contributed by atoms with Crippen molar-refractivity contribution in [3.63, 3.8) is 0 Å². The lowest BCUT2D eigenvalue weighted by atomic mass is 10.2. The van der Waals surface area contributed by atoms with Gasteiger partial charge in [0.15, 0.2) is 5.69 Å². The summed E-state index contributed by atoms with van der Waals surface area (Å²) < 4.78 is 84.8. The van der Waals surface area contributed by atoms with Crippen LogP contribution in [0.2, 0.25) is 5.15 Å². The highest BCUT2D eigenvalue weighted by atomic mass is 35.5. The third-order valence-electron chi connectivity index (χ3n) is 6.15. The lowest BCUT2D eigenvalue weighted by molar-refractivity contribution is -0.274. The van der Waals surface area contributed by atoms with Gasteiger partial charge in [0.25, 0.3) is 11.5 Å². The van der Waals surface area contributed by atoms with Gasteiger partial charge in [0.05, 0.1) is 16.6 Å². The number of alkyl halides is 6. The molecule has 0 radical (unpaired) electrons. The fourth-order valence-corrected chi connectivity index (χ4v) is 4.56. The van der Waals surface area contributed by atoms with Gasteiger partial charge in [-0.25, -0.2) is 9.67 Å². The zero-order valence-electron chi connectivity index (χ0n) is 22.1. The maximum Gasteiger partial charge on any atom is 0.573 e. The second-order valence-electron chi connectivity index (χ2n) is 9.12. The number of benzene rings is 3. The molecule has 0 aliphatic heterocycles. The van der Waals surface area contributed by atoms with Crippen molar-refractivity contribution < 1.29 is 35.9 Å². The quantitative estimate of drug-likeness (QED) is 0.193. The highest BCUT2D eigenvalue weighted by Gasteiger charge is 2.41. The van der Waals surface area contributed by atoms with E-state index < -0.39 is 46.2 Å². The Morgan fingerprint density at radius 3 is 2.23 bits per heavy atom. The first-order chi connectivity index (χ1) is 20.8. The third-order valence-corrected chi connectivity index (χ3v) is 6.50. The number of aromatic nitrogens is 4. The fourth-order valence-electron chi connectivity index (χ4n) is 4.25. The third kappa shape index (κ3) is 6.62. The van der Waals surface area contributed by atoms with E-state index in [1.165, 1.54) is 30.3 Å². The number of rotatable bonds is 8. The number of carbonyl (C=O) groups excluding carboxylic acids is 1. The van der Waals surface area contributed by atoms with Crippen LogP contribution >= 0.6 is 11.6 Å². The van der Waals surface area contributed by atoms with Crippen LogP contribution in [-0.2, 0) is 12.7 Å². The van der Waals surface area contributed by atoms with E-state index >= 15 is 0 Å². The Morgan fingerprint density at radius 1 is 0.909 bits per heavy atom. The van der Waals surface area contributed by atoms with Crippen molar-refractivity contribution in [1.82, 2.24) is 24.6 Å². The summed E-state index contributed by atoms with van der Waals surface area (Å²) in [6.07, 6.45) is -9.89. The van der Waals surface area contributed by atoms with E-state index in [1.54, 1.807) is 36.4 Å². The van der Waals surface area contributed by atoms with Crippen LogP contribution in [-0.4, -0.2) is 38.1 Å². The zero-order chi connectivity index (χ0) is 31.6. The molecule has 0 unspecified atom stereocenters. The SMILES string of the molecule is O=C(NCCn1c(Nc2ccc(OC(F)(F)F)cc2)nc2ccccc2c1=O)c1c(C(F)(F)F)nn(-c2ccccc2)c1Cl. The Balaban J connectivity index is 1.41. The molecule has 5 aromatic rings. The minimum absolute atomic E-state index is 0.0432. The van der Waals surface area contributed by atoms with E-state index in [2.05, 4.69) is 25.5 Å². The molecule has 228 valence electrons. The number of carbonyl (C=O) groups is 1. The van der Waals surface area contributed by atoms with Gasteiger partial charge in [-0.2, -0.15) is 18.3 Å². The molecule has 0 fully saturated rings. The summed E-state index contributed by atoms with van der Waals surface area (Å²) in [4.78, 5) is 30.8. The topological polar surface area (TPSA) is 103 Å². The summed E-state index contributed by atoms with van der Waals surface area (Å²) >= 11 is 6.21. The molecule has 16 heteroatoms. The molecule has 1 amide bonds. The van der Waals surface area contributed by atoms with Crippen molar-refractivity contribution in [3.8, 4) is 11.4 Å². The molecule has 3 aromatic carbocycles. The average Bonchev–Trinajstić information content (AvgIpc) is 3.33. The van der Waals surface area contributed by atoms with Crippen LogP contribution in [0.1, 0.15) is 16.1 Å². The lowest BCUT2D eigenvalue weighted by Crippen LogP contribution is -2.33. The predicted molar refractivity (Wildman–Crippen MR) is 148 cm³/mol. The summed E-state index contributed by atoms with van der Waals surface area (Å²) in [5, 5.41) is 8.36. The number of halogens is 7. The second kappa shape index (κ2) is 11.9. The van der Waals surface area contributed by atoms with E-state index in [9.17, 15) is 35.9 Å². The molecule has 9 nitrogen and oxygen atoms in total. The van der Waals surface area contributed by atoms with Crippen LogP contribution in [0.25, 0.3) is 16.6 Å².